The number of carbonyl (C=O) groups excluding carboxylic acids is 1. The molecule has 0 radical (unpaired) electrons. The summed E-state index contributed by atoms with van der Waals surface area (Å²) >= 11 is 0. The summed E-state index contributed by atoms with van der Waals surface area (Å²) < 4.78 is 1.94. The third-order valence-electron chi connectivity index (χ3n) is 4.24. The number of nitro benzene ring substituents is 1. The first-order valence-corrected chi connectivity index (χ1v) is 8.64. The van der Waals surface area contributed by atoms with Gasteiger partial charge < -0.3 is 9.47 Å². The summed E-state index contributed by atoms with van der Waals surface area (Å²) in [4.78, 5) is 29.8. The Bertz CT molecular complexity index is 1010. The number of amides is 1. The number of nitrogens with zero attached hydrogens (tertiary/aromatic N) is 4. The van der Waals surface area contributed by atoms with Crippen LogP contribution in [-0.4, -0.2) is 34.5 Å². The van der Waals surface area contributed by atoms with Gasteiger partial charge >= 0.3 is 0 Å². The topological polar surface area (TPSA) is 93.3 Å². The number of anilines is 2. The molecule has 140 valence electrons. The Hall–Kier alpha value is -3.42. The quantitative estimate of drug-likeness (QED) is 0.530. The lowest BCUT2D eigenvalue weighted by Crippen LogP contribution is -2.20. The standard InChI is InChI=1S/C19H21N5O3/c1-4-11-23-17-8-6-5-7-15(17)20-19(23)21-18(25)14-12-13(24(26)27)9-10-16(14)22(2)3/h5-10,12H,4,11H2,1-3H3,(H,20,21,25). The van der Waals surface area contributed by atoms with Gasteiger partial charge in [-0.05, 0) is 24.6 Å². The summed E-state index contributed by atoms with van der Waals surface area (Å²) in [5.41, 5.74) is 2.41. The number of hydrogen-bond donors (Lipinski definition) is 1. The first-order valence-electron chi connectivity index (χ1n) is 8.64. The molecule has 0 aliphatic rings. The molecule has 0 saturated heterocycles. The Balaban J connectivity index is 2.03. The molecule has 2 aromatic carbocycles. The normalized spacial score (nSPS) is 10.8. The number of imidazole rings is 1. The highest BCUT2D eigenvalue weighted by molar-refractivity contribution is 6.08. The maximum absolute atomic E-state index is 12.9. The van der Waals surface area contributed by atoms with Crippen LogP contribution in [0.5, 0.6) is 0 Å². The fourth-order valence-electron chi connectivity index (χ4n) is 3.00. The maximum Gasteiger partial charge on any atom is 0.270 e. The molecule has 8 nitrogen and oxygen atoms in total. The number of aryl methyl sites for hydroxylation is 1. The number of benzene rings is 2. The number of nitro groups is 1. The van der Waals surface area contributed by atoms with Gasteiger partial charge in [-0.2, -0.15) is 0 Å². The van der Waals surface area contributed by atoms with E-state index in [0.29, 0.717) is 18.2 Å². The van der Waals surface area contributed by atoms with Gasteiger partial charge in [-0.1, -0.05) is 19.1 Å². The molecule has 0 spiro atoms. The highest BCUT2D eigenvalue weighted by atomic mass is 16.6. The van der Waals surface area contributed by atoms with E-state index >= 15 is 0 Å². The van der Waals surface area contributed by atoms with Crippen molar-refractivity contribution in [1.29, 1.82) is 0 Å². The monoisotopic (exact) mass is 367 g/mol. The summed E-state index contributed by atoms with van der Waals surface area (Å²) in [5, 5.41) is 13.9. The van der Waals surface area contributed by atoms with Crippen molar-refractivity contribution >= 4 is 34.3 Å². The molecule has 3 rings (SSSR count). The smallest absolute Gasteiger partial charge is 0.270 e. The molecule has 0 fully saturated rings. The van der Waals surface area contributed by atoms with Crippen molar-refractivity contribution in [2.75, 3.05) is 24.3 Å². The molecule has 0 unspecified atom stereocenters. The van der Waals surface area contributed by atoms with Gasteiger partial charge in [0.25, 0.3) is 11.6 Å². The minimum atomic E-state index is -0.511. The highest BCUT2D eigenvalue weighted by Gasteiger charge is 2.20. The van der Waals surface area contributed by atoms with Crippen LogP contribution >= 0.6 is 0 Å². The number of fused-ring (bicyclic) bond motifs is 1. The second-order valence-corrected chi connectivity index (χ2v) is 6.38. The van der Waals surface area contributed by atoms with Crippen molar-refractivity contribution in [2.45, 2.75) is 19.9 Å². The van der Waals surface area contributed by atoms with Gasteiger partial charge in [-0.25, -0.2) is 4.98 Å². The Kier molecular flexibility index (Phi) is 5.07. The minimum absolute atomic E-state index is 0.132. The Morgan fingerprint density at radius 3 is 2.67 bits per heavy atom. The number of aromatic nitrogens is 2. The maximum atomic E-state index is 12.9. The van der Waals surface area contributed by atoms with Crippen LogP contribution in [0.15, 0.2) is 42.5 Å². The van der Waals surface area contributed by atoms with Crippen LogP contribution in [-0.2, 0) is 6.54 Å². The van der Waals surface area contributed by atoms with E-state index in [2.05, 4.69) is 10.3 Å². The molecule has 1 aromatic heterocycles. The molecular formula is C19H21N5O3. The van der Waals surface area contributed by atoms with Crippen LogP contribution in [0.25, 0.3) is 11.0 Å². The van der Waals surface area contributed by atoms with E-state index < -0.39 is 10.8 Å². The molecule has 1 heterocycles. The van der Waals surface area contributed by atoms with Gasteiger partial charge in [0.2, 0.25) is 5.95 Å². The first kappa shape index (κ1) is 18.4. The Morgan fingerprint density at radius 2 is 2.00 bits per heavy atom. The van der Waals surface area contributed by atoms with Crippen molar-refractivity contribution in [3.63, 3.8) is 0 Å². The van der Waals surface area contributed by atoms with Crippen molar-refractivity contribution in [3.05, 3.63) is 58.1 Å². The number of hydrogen-bond acceptors (Lipinski definition) is 5. The number of rotatable bonds is 6. The van der Waals surface area contributed by atoms with E-state index in [9.17, 15) is 14.9 Å². The highest BCUT2D eigenvalue weighted by Crippen LogP contribution is 2.26. The van der Waals surface area contributed by atoms with Crippen molar-refractivity contribution in [1.82, 2.24) is 9.55 Å². The fraction of sp³-hybridized carbons (Fsp3) is 0.263. The van der Waals surface area contributed by atoms with Crippen LogP contribution < -0.4 is 10.2 Å². The van der Waals surface area contributed by atoms with E-state index in [1.54, 1.807) is 25.1 Å². The molecule has 3 aromatic rings. The zero-order valence-corrected chi connectivity index (χ0v) is 15.5. The lowest BCUT2D eigenvalue weighted by Gasteiger charge is -2.17. The fourth-order valence-corrected chi connectivity index (χ4v) is 3.00. The molecular weight excluding hydrogens is 346 g/mol. The SMILES string of the molecule is CCCn1c(NC(=O)c2cc([N+](=O)[O-])ccc2N(C)C)nc2ccccc21. The van der Waals surface area contributed by atoms with Gasteiger partial charge in [0.15, 0.2) is 0 Å². The molecule has 1 N–H and O–H groups in total. The van der Waals surface area contributed by atoms with Gasteiger partial charge in [0.1, 0.15) is 0 Å². The van der Waals surface area contributed by atoms with E-state index in [4.69, 9.17) is 0 Å². The molecule has 0 bridgehead atoms. The third-order valence-corrected chi connectivity index (χ3v) is 4.24. The largest absolute Gasteiger partial charge is 0.377 e. The molecule has 0 aliphatic carbocycles. The summed E-state index contributed by atoms with van der Waals surface area (Å²) in [6.07, 6.45) is 0.878. The first-order chi connectivity index (χ1) is 12.9. The molecule has 0 aliphatic heterocycles. The van der Waals surface area contributed by atoms with E-state index in [0.717, 1.165) is 17.5 Å². The third kappa shape index (κ3) is 3.59. The van der Waals surface area contributed by atoms with Gasteiger partial charge in [-0.15, -0.1) is 0 Å². The van der Waals surface area contributed by atoms with Crippen molar-refractivity contribution in [3.8, 4) is 0 Å². The van der Waals surface area contributed by atoms with Gasteiger partial charge in [0, 0.05) is 38.5 Å². The van der Waals surface area contributed by atoms with Gasteiger partial charge in [-0.3, -0.25) is 20.2 Å². The number of carbonyl (C=O) groups is 1. The average Bonchev–Trinajstić information content (AvgIpc) is 2.98. The molecule has 1 amide bonds. The Morgan fingerprint density at radius 1 is 1.26 bits per heavy atom. The zero-order chi connectivity index (χ0) is 19.6. The molecule has 8 heteroatoms. The zero-order valence-electron chi connectivity index (χ0n) is 15.5. The lowest BCUT2D eigenvalue weighted by molar-refractivity contribution is -0.384. The molecule has 0 atom stereocenters. The van der Waals surface area contributed by atoms with E-state index in [-0.39, 0.29) is 11.3 Å². The van der Waals surface area contributed by atoms with Crippen molar-refractivity contribution in [2.24, 2.45) is 0 Å². The van der Waals surface area contributed by atoms with E-state index in [1.165, 1.54) is 12.1 Å². The molecule has 27 heavy (non-hydrogen) atoms. The lowest BCUT2D eigenvalue weighted by atomic mass is 10.1. The molecule has 0 saturated carbocycles. The van der Waals surface area contributed by atoms with Crippen LogP contribution in [0.2, 0.25) is 0 Å². The van der Waals surface area contributed by atoms with Crippen LogP contribution in [0, 0.1) is 10.1 Å². The average molecular weight is 367 g/mol. The summed E-state index contributed by atoms with van der Waals surface area (Å²) in [6, 6.07) is 11.9. The van der Waals surface area contributed by atoms with Crippen molar-refractivity contribution < 1.29 is 9.72 Å². The van der Waals surface area contributed by atoms with Gasteiger partial charge in [0.05, 0.1) is 21.5 Å². The number of para-hydroxylation sites is 2. The summed E-state index contributed by atoms with van der Waals surface area (Å²) in [7, 11) is 3.56. The number of non-ortho nitro benzene ring substituents is 1. The second kappa shape index (κ2) is 7.45. The summed E-state index contributed by atoms with van der Waals surface area (Å²) in [6.45, 7) is 2.75. The predicted octanol–water partition coefficient (Wildman–Crippen LogP) is 3.67. The van der Waals surface area contributed by atoms with Crippen LogP contribution in [0.1, 0.15) is 23.7 Å². The van der Waals surface area contributed by atoms with Crippen LogP contribution in [0.4, 0.5) is 17.3 Å². The predicted molar refractivity (Wildman–Crippen MR) is 105 cm³/mol. The van der Waals surface area contributed by atoms with Crippen LogP contribution in [0.3, 0.4) is 0 Å². The number of nitrogens with one attached hydrogen (secondary N) is 1. The van der Waals surface area contributed by atoms with E-state index in [1.807, 2.05) is 35.8 Å². The Labute approximate surface area is 156 Å². The minimum Gasteiger partial charge on any atom is -0.377 e. The summed E-state index contributed by atoms with van der Waals surface area (Å²) in [5.74, 6) is -0.00526. The second-order valence-electron chi connectivity index (χ2n) is 6.38.